The van der Waals surface area contributed by atoms with Gasteiger partial charge in [-0.25, -0.2) is 17.4 Å². The van der Waals surface area contributed by atoms with Crippen LogP contribution in [0, 0.1) is 39.3 Å². The van der Waals surface area contributed by atoms with Crippen molar-refractivity contribution in [1.29, 1.82) is 0 Å². The number of rotatable bonds is 10. The van der Waals surface area contributed by atoms with Gasteiger partial charge in [-0.05, 0) is 87.5 Å². The van der Waals surface area contributed by atoms with Crippen LogP contribution in [0.3, 0.4) is 0 Å². The quantitative estimate of drug-likeness (QED) is 0.149. The minimum absolute atomic E-state index is 0.653. The monoisotopic (exact) mass is 864 g/mol. The Labute approximate surface area is 322 Å². The van der Waals surface area contributed by atoms with E-state index in [4.69, 9.17) is 0 Å². The predicted octanol–water partition coefficient (Wildman–Crippen LogP) is 11.9. The molecular formula is C40H54Cl2N4Ru2. The van der Waals surface area contributed by atoms with Gasteiger partial charge in [-0.1, -0.05) is 114 Å². The summed E-state index contributed by atoms with van der Waals surface area (Å²) in [6.45, 7) is 23.9. The first-order valence-electron chi connectivity index (χ1n) is 16.7. The van der Waals surface area contributed by atoms with Crippen LogP contribution in [0.25, 0.3) is 0 Å². The molecule has 0 fully saturated rings. The van der Waals surface area contributed by atoms with Crippen LogP contribution in [0.15, 0.2) is 85.5 Å². The van der Waals surface area contributed by atoms with Crippen molar-refractivity contribution < 1.29 is 34.6 Å². The third-order valence-electron chi connectivity index (χ3n) is 7.68. The number of anilines is 2. The van der Waals surface area contributed by atoms with Crippen molar-refractivity contribution in [2.24, 2.45) is 0 Å². The summed E-state index contributed by atoms with van der Waals surface area (Å²) < 4.78 is 0. The van der Waals surface area contributed by atoms with E-state index >= 15 is 0 Å². The Balaban J connectivity index is 0.000000397. The average molecular weight is 864 g/mol. The molecule has 0 bridgehead atoms. The molecule has 0 unspecified atom stereocenters. The Hall–Kier alpha value is -1.83. The maximum absolute atomic E-state index is 4.57. The molecule has 2 aliphatic rings. The Bertz CT molecular complexity index is 1200. The number of nitrogens with zero attached hydrogens (tertiary/aromatic N) is 4. The molecule has 4 nitrogen and oxygen atoms in total. The van der Waals surface area contributed by atoms with Gasteiger partial charge in [0.2, 0.25) is 0 Å². The van der Waals surface area contributed by atoms with Gasteiger partial charge in [0.05, 0.1) is 0 Å². The molecule has 5 rings (SSSR count). The Kier molecular flexibility index (Phi) is 24.0. The van der Waals surface area contributed by atoms with Gasteiger partial charge in [0.1, 0.15) is 0 Å². The van der Waals surface area contributed by atoms with Crippen LogP contribution >= 0.6 is 19.4 Å². The van der Waals surface area contributed by atoms with E-state index in [0.717, 1.165) is 24.5 Å². The average Bonchev–Trinajstić information content (AvgIpc) is 3.80. The SMILES string of the molecule is CCCCN1C=CN(c2[c-]c[c-]c(N3C=CN(CCCC)[CH-]3)c2)[CH-]1.Cc1ccc(C(C)C)cc1.Cc1ccc(C(C)C)cc1.[Cl][Ru+2].[Cl][Ru+2]. The summed E-state index contributed by atoms with van der Waals surface area (Å²) in [6, 6.07) is 28.0. The van der Waals surface area contributed by atoms with Gasteiger partial charge in [0, 0.05) is 0 Å². The zero-order valence-electron chi connectivity index (χ0n) is 29.9. The Morgan fingerprint density at radius 1 is 0.604 bits per heavy atom. The van der Waals surface area contributed by atoms with E-state index in [1.54, 1.807) is 0 Å². The van der Waals surface area contributed by atoms with Crippen molar-refractivity contribution in [3.05, 3.63) is 133 Å². The summed E-state index contributed by atoms with van der Waals surface area (Å²) in [7, 11) is 9.14. The van der Waals surface area contributed by atoms with Crippen LogP contribution in [-0.2, 0) is 34.6 Å². The van der Waals surface area contributed by atoms with Crippen LogP contribution in [0.4, 0.5) is 11.4 Å². The maximum atomic E-state index is 4.57. The van der Waals surface area contributed by atoms with Crippen LogP contribution in [0.2, 0.25) is 0 Å². The first kappa shape index (κ1) is 44.2. The number of benzene rings is 3. The van der Waals surface area contributed by atoms with Gasteiger partial charge in [-0.2, -0.15) is 13.3 Å². The second-order valence-electron chi connectivity index (χ2n) is 12.3. The molecular weight excluding hydrogens is 810 g/mol. The summed E-state index contributed by atoms with van der Waals surface area (Å²) in [5.41, 5.74) is 7.59. The van der Waals surface area contributed by atoms with E-state index in [-0.39, 0.29) is 0 Å². The molecule has 0 radical (unpaired) electrons. The van der Waals surface area contributed by atoms with Gasteiger partial charge in [0.25, 0.3) is 0 Å². The van der Waals surface area contributed by atoms with E-state index in [2.05, 4.69) is 199 Å². The number of hydrogen-bond acceptors (Lipinski definition) is 4. The molecule has 2 heterocycles. The van der Waals surface area contributed by atoms with Crippen molar-refractivity contribution >= 4 is 30.8 Å². The zero-order chi connectivity index (χ0) is 35.9. The molecule has 3 aromatic rings. The zero-order valence-corrected chi connectivity index (χ0v) is 34.9. The molecule has 0 N–H and O–H groups in total. The molecule has 0 atom stereocenters. The van der Waals surface area contributed by atoms with Gasteiger partial charge >= 0.3 is 54.0 Å². The van der Waals surface area contributed by atoms with Crippen LogP contribution < -0.4 is 9.80 Å². The summed E-state index contributed by atoms with van der Waals surface area (Å²) in [6.07, 6.45) is 13.2. The van der Waals surface area contributed by atoms with Crippen molar-refractivity contribution in [1.82, 2.24) is 9.80 Å². The third kappa shape index (κ3) is 16.7. The number of hydrogen-bond donors (Lipinski definition) is 0. The minimum atomic E-state index is 0.653. The molecule has 0 aromatic heterocycles. The standard InChI is InChI=1S/C20H26N4.2C10H14.2ClH.2Ru/c1-3-5-10-21-12-14-23(17-21)19-8-7-9-20(16-19)24-15-13-22(18-24)11-6-4-2;2*1-8(2)10-6-4-9(3)5-7-10;;;;/h7,12-18H,3-6,10-11H2,1-2H3;2*4-8H,1-3H3;2*1H;;/q-4;;;;;2*+3/p-2. The first-order valence-corrected chi connectivity index (χ1v) is 21.2. The summed E-state index contributed by atoms with van der Waals surface area (Å²) in [4.78, 5) is 8.67. The van der Waals surface area contributed by atoms with Gasteiger partial charge in [-0.3, -0.25) is 0 Å². The summed E-state index contributed by atoms with van der Waals surface area (Å²) in [5.74, 6) is 1.31. The molecule has 0 amide bonds. The number of unbranched alkanes of at least 4 members (excludes halogenated alkanes) is 2. The normalized spacial score (nSPS) is 12.9. The molecule has 0 saturated carbocycles. The topological polar surface area (TPSA) is 13.0 Å². The third-order valence-corrected chi connectivity index (χ3v) is 7.68. The molecule has 8 heteroatoms. The molecule has 2 aliphatic heterocycles. The van der Waals surface area contributed by atoms with Crippen LogP contribution in [-0.4, -0.2) is 22.9 Å². The fourth-order valence-corrected chi connectivity index (χ4v) is 4.62. The van der Waals surface area contributed by atoms with Crippen molar-refractivity contribution in [3.8, 4) is 0 Å². The molecule has 3 aromatic carbocycles. The molecule has 0 spiro atoms. The van der Waals surface area contributed by atoms with Crippen molar-refractivity contribution in [2.75, 3.05) is 22.9 Å². The second kappa shape index (κ2) is 26.0. The van der Waals surface area contributed by atoms with E-state index in [0.29, 0.717) is 11.8 Å². The summed E-state index contributed by atoms with van der Waals surface area (Å²) in [5, 5.41) is 0. The van der Waals surface area contributed by atoms with Gasteiger partial charge in [0.15, 0.2) is 0 Å². The van der Waals surface area contributed by atoms with Crippen molar-refractivity contribution in [2.45, 2.75) is 92.9 Å². The van der Waals surface area contributed by atoms with Gasteiger partial charge < -0.3 is 37.8 Å². The number of halogens is 2. The molecule has 0 aliphatic carbocycles. The fraction of sp³-hybridized carbons (Fsp3) is 0.400. The first-order chi connectivity index (χ1) is 23.2. The van der Waals surface area contributed by atoms with Crippen LogP contribution in [0.1, 0.15) is 101 Å². The van der Waals surface area contributed by atoms with E-state index in [1.165, 1.54) is 47.9 Å². The van der Waals surface area contributed by atoms with E-state index in [1.807, 2.05) is 40.7 Å². The van der Waals surface area contributed by atoms with Crippen molar-refractivity contribution in [3.63, 3.8) is 0 Å². The summed E-state index contributed by atoms with van der Waals surface area (Å²) >= 11 is 3.64. The molecule has 48 heavy (non-hydrogen) atoms. The number of aryl methyl sites for hydroxylation is 2. The predicted molar refractivity (Wildman–Crippen MR) is 201 cm³/mol. The van der Waals surface area contributed by atoms with Crippen LogP contribution in [0.5, 0.6) is 0 Å². The van der Waals surface area contributed by atoms with E-state index < -0.39 is 0 Å². The van der Waals surface area contributed by atoms with Gasteiger partial charge in [-0.15, -0.1) is 0 Å². The molecule has 264 valence electrons. The molecule has 0 saturated heterocycles. The Morgan fingerprint density at radius 3 is 1.27 bits per heavy atom. The van der Waals surface area contributed by atoms with E-state index in [9.17, 15) is 0 Å². The second-order valence-corrected chi connectivity index (χ2v) is 12.3. The fourth-order valence-electron chi connectivity index (χ4n) is 4.62. The Morgan fingerprint density at radius 2 is 0.958 bits per heavy atom.